The molecule has 0 aromatic rings. The fourth-order valence-corrected chi connectivity index (χ4v) is 4.18. The van der Waals surface area contributed by atoms with E-state index in [0.717, 1.165) is 6.42 Å². The van der Waals surface area contributed by atoms with Crippen molar-refractivity contribution in [3.05, 3.63) is 0 Å². The van der Waals surface area contributed by atoms with Crippen LogP contribution in [0.4, 0.5) is 0 Å². The predicted octanol–water partition coefficient (Wildman–Crippen LogP) is 1.07. The Morgan fingerprint density at radius 3 is 2.61 bits per heavy atom. The first-order chi connectivity index (χ1) is 8.63. The second kappa shape index (κ2) is 4.49. The van der Waals surface area contributed by atoms with Crippen LogP contribution < -0.4 is 0 Å². The molecule has 0 radical (unpaired) electrons. The third kappa shape index (κ3) is 1.86. The highest BCUT2D eigenvalue weighted by atomic mass is 16.6. The molecular formula is C14H22O4. The Balaban J connectivity index is 1.68. The summed E-state index contributed by atoms with van der Waals surface area (Å²) < 4.78 is 10.4. The summed E-state index contributed by atoms with van der Waals surface area (Å²) in [6.07, 6.45) is 1.20. The molecule has 3 fully saturated rings. The molecule has 7 atom stereocenters. The minimum absolute atomic E-state index is 0.0926. The van der Waals surface area contributed by atoms with E-state index in [2.05, 4.69) is 13.8 Å². The minimum atomic E-state index is -0.115. The first kappa shape index (κ1) is 12.4. The van der Waals surface area contributed by atoms with Crippen LogP contribution in [0.3, 0.4) is 0 Å². The van der Waals surface area contributed by atoms with Gasteiger partial charge in [-0.2, -0.15) is 0 Å². The maximum atomic E-state index is 12.2. The number of fused-ring (bicyclic) bond motifs is 2. The molecule has 7 unspecified atom stereocenters. The normalized spacial score (nSPS) is 49.4. The van der Waals surface area contributed by atoms with Gasteiger partial charge in [0.1, 0.15) is 12.7 Å². The maximum absolute atomic E-state index is 12.2. The monoisotopic (exact) mass is 254 g/mol. The second-order valence-corrected chi connectivity index (χ2v) is 6.24. The summed E-state index contributed by atoms with van der Waals surface area (Å²) in [7, 11) is 0. The number of hydrogen-bond acceptors (Lipinski definition) is 4. The van der Waals surface area contributed by atoms with Crippen LogP contribution in [0, 0.1) is 35.5 Å². The van der Waals surface area contributed by atoms with Crippen LogP contribution in [0.1, 0.15) is 20.3 Å². The number of rotatable bonds is 4. The predicted molar refractivity (Wildman–Crippen MR) is 64.7 cm³/mol. The molecular weight excluding hydrogens is 232 g/mol. The number of aliphatic hydroxyl groups excluding tert-OH is 1. The molecule has 2 aliphatic carbocycles. The van der Waals surface area contributed by atoms with E-state index in [0.29, 0.717) is 36.9 Å². The van der Waals surface area contributed by atoms with E-state index in [4.69, 9.17) is 9.47 Å². The van der Waals surface area contributed by atoms with E-state index in [9.17, 15) is 9.90 Å². The van der Waals surface area contributed by atoms with Crippen LogP contribution >= 0.6 is 0 Å². The van der Waals surface area contributed by atoms with Crippen molar-refractivity contribution in [2.45, 2.75) is 26.4 Å². The van der Waals surface area contributed by atoms with Crippen LogP contribution in [0.5, 0.6) is 0 Å². The number of aliphatic hydroxyl groups is 1. The zero-order valence-corrected chi connectivity index (χ0v) is 11.0. The molecule has 2 bridgehead atoms. The highest BCUT2D eigenvalue weighted by Crippen LogP contribution is 2.58. The molecule has 3 aliphatic rings. The lowest BCUT2D eigenvalue weighted by Gasteiger charge is -2.36. The van der Waals surface area contributed by atoms with Crippen molar-refractivity contribution in [2.75, 3.05) is 19.8 Å². The minimum Gasteiger partial charge on any atom is -0.463 e. The summed E-state index contributed by atoms with van der Waals surface area (Å²) in [6.45, 7) is 5.68. The van der Waals surface area contributed by atoms with Gasteiger partial charge in [0.2, 0.25) is 0 Å². The Hall–Kier alpha value is -0.610. The molecule has 18 heavy (non-hydrogen) atoms. The summed E-state index contributed by atoms with van der Waals surface area (Å²) in [5.41, 5.74) is 0. The molecule has 2 saturated carbocycles. The lowest BCUT2D eigenvalue weighted by atomic mass is 9.70. The lowest BCUT2D eigenvalue weighted by Crippen LogP contribution is -2.39. The Morgan fingerprint density at radius 2 is 2.00 bits per heavy atom. The number of esters is 1. The first-order valence-corrected chi connectivity index (χ1v) is 7.02. The molecule has 1 aliphatic heterocycles. The van der Waals surface area contributed by atoms with Crippen molar-refractivity contribution < 1.29 is 19.4 Å². The molecule has 0 spiro atoms. The first-order valence-electron chi connectivity index (χ1n) is 7.02. The van der Waals surface area contributed by atoms with Gasteiger partial charge in [-0.15, -0.1) is 0 Å². The van der Waals surface area contributed by atoms with E-state index < -0.39 is 0 Å². The fraction of sp³-hybridized carbons (Fsp3) is 0.929. The van der Waals surface area contributed by atoms with Crippen molar-refractivity contribution in [3.63, 3.8) is 0 Å². The topological polar surface area (TPSA) is 59.1 Å². The van der Waals surface area contributed by atoms with Gasteiger partial charge in [0, 0.05) is 6.61 Å². The standard InChI is InChI=1S/C14H22O4/c1-7-8(2)11-3-10(7)12(4-15)13(11)14(16)18-6-9-5-17-9/h7-13,15H,3-6H2,1-2H3. The highest BCUT2D eigenvalue weighted by Gasteiger charge is 2.57. The molecule has 4 nitrogen and oxygen atoms in total. The second-order valence-electron chi connectivity index (χ2n) is 6.24. The van der Waals surface area contributed by atoms with E-state index in [1.807, 2.05) is 0 Å². The third-order valence-electron chi connectivity index (χ3n) is 5.49. The molecule has 0 amide bonds. The largest absolute Gasteiger partial charge is 0.463 e. The lowest BCUT2D eigenvalue weighted by molar-refractivity contribution is -0.155. The van der Waals surface area contributed by atoms with E-state index in [1.54, 1.807) is 0 Å². The molecule has 4 heteroatoms. The van der Waals surface area contributed by atoms with Gasteiger partial charge in [-0.25, -0.2) is 0 Å². The maximum Gasteiger partial charge on any atom is 0.309 e. The van der Waals surface area contributed by atoms with Crippen LogP contribution in [0.2, 0.25) is 0 Å². The van der Waals surface area contributed by atoms with Crippen molar-refractivity contribution in [2.24, 2.45) is 35.5 Å². The Morgan fingerprint density at radius 1 is 1.33 bits per heavy atom. The van der Waals surface area contributed by atoms with Gasteiger partial charge in [-0.05, 0) is 36.0 Å². The zero-order valence-electron chi connectivity index (χ0n) is 11.0. The number of carbonyl (C=O) groups is 1. The zero-order chi connectivity index (χ0) is 12.9. The van der Waals surface area contributed by atoms with Crippen molar-refractivity contribution in [1.29, 1.82) is 0 Å². The Bertz CT molecular complexity index is 337. The summed E-state index contributed by atoms with van der Waals surface area (Å²) in [6, 6.07) is 0. The molecule has 3 rings (SSSR count). The van der Waals surface area contributed by atoms with E-state index in [-0.39, 0.29) is 30.5 Å². The van der Waals surface area contributed by atoms with Crippen molar-refractivity contribution in [3.8, 4) is 0 Å². The van der Waals surface area contributed by atoms with Crippen LogP contribution in [0.15, 0.2) is 0 Å². The van der Waals surface area contributed by atoms with Crippen LogP contribution in [-0.2, 0) is 14.3 Å². The van der Waals surface area contributed by atoms with Crippen molar-refractivity contribution in [1.82, 2.24) is 0 Å². The Labute approximate surface area is 108 Å². The smallest absolute Gasteiger partial charge is 0.309 e. The van der Waals surface area contributed by atoms with Crippen LogP contribution in [-0.4, -0.2) is 37.0 Å². The molecule has 102 valence electrons. The van der Waals surface area contributed by atoms with Gasteiger partial charge in [0.05, 0.1) is 12.5 Å². The summed E-state index contributed by atoms with van der Waals surface area (Å²) in [5.74, 6) is 1.96. The highest BCUT2D eigenvalue weighted by molar-refractivity contribution is 5.74. The average molecular weight is 254 g/mol. The van der Waals surface area contributed by atoms with Gasteiger partial charge in [-0.3, -0.25) is 4.79 Å². The summed E-state index contributed by atoms with van der Waals surface area (Å²) >= 11 is 0. The quantitative estimate of drug-likeness (QED) is 0.602. The summed E-state index contributed by atoms with van der Waals surface area (Å²) in [4.78, 5) is 12.2. The number of carbonyl (C=O) groups excluding carboxylic acids is 1. The van der Waals surface area contributed by atoms with Gasteiger partial charge in [0.15, 0.2) is 0 Å². The number of ether oxygens (including phenoxy) is 2. The van der Waals surface area contributed by atoms with E-state index in [1.165, 1.54) is 0 Å². The Kier molecular flexibility index (Phi) is 3.10. The molecule has 1 heterocycles. The third-order valence-corrected chi connectivity index (χ3v) is 5.49. The van der Waals surface area contributed by atoms with Gasteiger partial charge < -0.3 is 14.6 Å². The number of hydrogen-bond donors (Lipinski definition) is 1. The molecule has 0 aromatic carbocycles. The van der Waals surface area contributed by atoms with Gasteiger partial charge >= 0.3 is 5.97 Å². The van der Waals surface area contributed by atoms with Gasteiger partial charge in [0.25, 0.3) is 0 Å². The molecule has 1 N–H and O–H groups in total. The number of epoxide rings is 1. The van der Waals surface area contributed by atoms with Crippen LogP contribution in [0.25, 0.3) is 0 Å². The van der Waals surface area contributed by atoms with E-state index >= 15 is 0 Å². The molecule has 1 saturated heterocycles. The average Bonchev–Trinajstić information content (AvgIpc) is 3.06. The van der Waals surface area contributed by atoms with Gasteiger partial charge in [-0.1, -0.05) is 13.8 Å². The van der Waals surface area contributed by atoms with Crippen molar-refractivity contribution >= 4 is 5.97 Å². The fourth-order valence-electron chi connectivity index (χ4n) is 4.18. The SMILES string of the molecule is CC1C(C)C2CC1C(CO)C2C(=O)OCC1CO1. The molecule has 0 aromatic heterocycles. The summed E-state index contributed by atoms with van der Waals surface area (Å²) in [5, 5.41) is 9.57.